The van der Waals surface area contributed by atoms with E-state index in [1.165, 1.54) is 19.3 Å². The van der Waals surface area contributed by atoms with Gasteiger partial charge in [0.1, 0.15) is 0 Å². The van der Waals surface area contributed by atoms with Crippen LogP contribution in [0, 0.1) is 0 Å². The van der Waals surface area contributed by atoms with E-state index in [0.717, 1.165) is 25.5 Å². The van der Waals surface area contributed by atoms with Crippen molar-refractivity contribution in [1.29, 1.82) is 0 Å². The lowest BCUT2D eigenvalue weighted by Crippen LogP contribution is -2.30. The van der Waals surface area contributed by atoms with Crippen LogP contribution in [-0.4, -0.2) is 29.3 Å². The van der Waals surface area contributed by atoms with Crippen molar-refractivity contribution in [3.05, 3.63) is 5.89 Å². The summed E-state index contributed by atoms with van der Waals surface area (Å²) in [6, 6.07) is 0.486. The molecular formula is C12H22N4O. The summed E-state index contributed by atoms with van der Waals surface area (Å²) in [6.45, 7) is 7.08. The van der Waals surface area contributed by atoms with Gasteiger partial charge in [0.2, 0.25) is 5.89 Å². The highest BCUT2D eigenvalue weighted by molar-refractivity contribution is 5.27. The summed E-state index contributed by atoms with van der Waals surface area (Å²) in [6.07, 6.45) is 4.88. The van der Waals surface area contributed by atoms with Gasteiger partial charge in [-0.15, -0.1) is 0 Å². The third-order valence-corrected chi connectivity index (χ3v) is 3.31. The lowest BCUT2D eigenvalue weighted by Gasteiger charge is -2.24. The molecule has 1 fully saturated rings. The van der Waals surface area contributed by atoms with E-state index in [1.54, 1.807) is 0 Å². The van der Waals surface area contributed by atoms with Crippen molar-refractivity contribution in [2.24, 2.45) is 0 Å². The molecule has 1 atom stereocenters. The smallest absolute Gasteiger partial charge is 0.266 e. The van der Waals surface area contributed by atoms with Crippen molar-refractivity contribution in [1.82, 2.24) is 15.5 Å². The molecular weight excluding hydrogens is 216 g/mol. The molecule has 1 aromatic rings. The third-order valence-electron chi connectivity index (χ3n) is 3.31. The quantitative estimate of drug-likeness (QED) is 0.849. The summed E-state index contributed by atoms with van der Waals surface area (Å²) in [5, 5.41) is 7.39. The van der Waals surface area contributed by atoms with Gasteiger partial charge in [-0.25, -0.2) is 0 Å². The summed E-state index contributed by atoms with van der Waals surface area (Å²) < 4.78 is 5.25. The minimum Gasteiger partial charge on any atom is -0.338 e. The SMILES string of the molecule is CCC(C)NCc1nc(N2CCCCC2)no1. The minimum absolute atomic E-state index is 0.486. The molecule has 2 rings (SSSR count). The van der Waals surface area contributed by atoms with Gasteiger partial charge < -0.3 is 14.7 Å². The zero-order valence-electron chi connectivity index (χ0n) is 10.8. The van der Waals surface area contributed by atoms with Crippen molar-refractivity contribution in [3.8, 4) is 0 Å². The first-order valence-corrected chi connectivity index (χ1v) is 6.60. The van der Waals surface area contributed by atoms with E-state index in [2.05, 4.69) is 34.2 Å². The first-order valence-electron chi connectivity index (χ1n) is 6.60. The number of nitrogens with one attached hydrogen (secondary N) is 1. The molecule has 2 heterocycles. The van der Waals surface area contributed by atoms with Gasteiger partial charge >= 0.3 is 0 Å². The van der Waals surface area contributed by atoms with Crippen LogP contribution in [0.15, 0.2) is 4.52 Å². The first-order chi connectivity index (χ1) is 8.29. The maximum absolute atomic E-state index is 5.25. The molecule has 1 unspecified atom stereocenters. The molecule has 0 saturated carbocycles. The second-order valence-corrected chi connectivity index (χ2v) is 4.73. The average molecular weight is 238 g/mol. The molecule has 1 aromatic heterocycles. The average Bonchev–Trinajstić information content (AvgIpc) is 2.86. The Morgan fingerprint density at radius 3 is 2.82 bits per heavy atom. The van der Waals surface area contributed by atoms with E-state index < -0.39 is 0 Å². The minimum atomic E-state index is 0.486. The van der Waals surface area contributed by atoms with Gasteiger partial charge in [-0.05, 0) is 37.8 Å². The van der Waals surface area contributed by atoms with Crippen molar-refractivity contribution in [2.75, 3.05) is 18.0 Å². The van der Waals surface area contributed by atoms with E-state index in [1.807, 2.05) is 0 Å². The number of rotatable bonds is 5. The second-order valence-electron chi connectivity index (χ2n) is 4.73. The van der Waals surface area contributed by atoms with Gasteiger partial charge in [0.15, 0.2) is 0 Å². The van der Waals surface area contributed by atoms with Gasteiger partial charge in [0.25, 0.3) is 5.95 Å². The van der Waals surface area contributed by atoms with Crippen LogP contribution < -0.4 is 10.2 Å². The number of piperidine rings is 1. The predicted molar refractivity (Wildman–Crippen MR) is 67.0 cm³/mol. The van der Waals surface area contributed by atoms with E-state index in [4.69, 9.17) is 4.52 Å². The molecule has 1 N–H and O–H groups in total. The Balaban J connectivity index is 1.86. The molecule has 0 amide bonds. The van der Waals surface area contributed by atoms with Crippen LogP contribution in [0.2, 0.25) is 0 Å². The number of aromatic nitrogens is 2. The van der Waals surface area contributed by atoms with Crippen LogP contribution in [0.3, 0.4) is 0 Å². The fourth-order valence-electron chi connectivity index (χ4n) is 1.95. The summed E-state index contributed by atoms with van der Waals surface area (Å²) >= 11 is 0. The Labute approximate surface area is 103 Å². The highest BCUT2D eigenvalue weighted by Crippen LogP contribution is 2.16. The maximum Gasteiger partial charge on any atom is 0.266 e. The zero-order chi connectivity index (χ0) is 12.1. The lowest BCUT2D eigenvalue weighted by atomic mass is 10.1. The van der Waals surface area contributed by atoms with Crippen LogP contribution >= 0.6 is 0 Å². The molecule has 1 saturated heterocycles. The molecule has 1 aliphatic rings. The standard InChI is InChI=1S/C12H22N4O/c1-3-10(2)13-9-11-14-12(15-17-11)16-7-5-4-6-8-16/h10,13H,3-9H2,1-2H3. The van der Waals surface area contributed by atoms with Crippen LogP contribution in [0.4, 0.5) is 5.95 Å². The lowest BCUT2D eigenvalue weighted by molar-refractivity contribution is 0.356. The van der Waals surface area contributed by atoms with Crippen molar-refractivity contribution >= 4 is 5.95 Å². The Hall–Kier alpha value is -1.10. The molecule has 0 aliphatic carbocycles. The predicted octanol–water partition coefficient (Wildman–Crippen LogP) is 1.95. The van der Waals surface area contributed by atoms with Crippen molar-refractivity contribution in [2.45, 2.75) is 52.1 Å². The molecule has 5 nitrogen and oxygen atoms in total. The van der Waals surface area contributed by atoms with Gasteiger partial charge in [0.05, 0.1) is 6.54 Å². The Bertz CT molecular complexity index is 333. The van der Waals surface area contributed by atoms with Gasteiger partial charge in [-0.1, -0.05) is 6.92 Å². The van der Waals surface area contributed by atoms with E-state index in [-0.39, 0.29) is 0 Å². The number of hydrogen-bond donors (Lipinski definition) is 1. The normalized spacial score (nSPS) is 18.4. The fraction of sp³-hybridized carbons (Fsp3) is 0.833. The Kier molecular flexibility index (Phi) is 4.36. The van der Waals surface area contributed by atoms with Crippen LogP contribution in [0.1, 0.15) is 45.4 Å². The second kappa shape index (κ2) is 6.00. The van der Waals surface area contributed by atoms with Crippen LogP contribution in [0.5, 0.6) is 0 Å². The maximum atomic E-state index is 5.25. The van der Waals surface area contributed by atoms with Gasteiger partial charge in [-0.3, -0.25) is 0 Å². The summed E-state index contributed by atoms with van der Waals surface area (Å²) in [4.78, 5) is 6.63. The van der Waals surface area contributed by atoms with Gasteiger partial charge in [-0.2, -0.15) is 4.98 Å². The summed E-state index contributed by atoms with van der Waals surface area (Å²) in [5.41, 5.74) is 0. The largest absolute Gasteiger partial charge is 0.338 e. The molecule has 0 bridgehead atoms. The monoisotopic (exact) mass is 238 g/mol. The van der Waals surface area contributed by atoms with Crippen molar-refractivity contribution < 1.29 is 4.52 Å². The Morgan fingerprint density at radius 2 is 2.12 bits per heavy atom. The van der Waals surface area contributed by atoms with E-state index in [9.17, 15) is 0 Å². The number of hydrogen-bond acceptors (Lipinski definition) is 5. The van der Waals surface area contributed by atoms with E-state index in [0.29, 0.717) is 18.5 Å². The highest BCUT2D eigenvalue weighted by Gasteiger charge is 2.16. The topological polar surface area (TPSA) is 54.2 Å². The molecule has 0 aromatic carbocycles. The highest BCUT2D eigenvalue weighted by atomic mass is 16.5. The molecule has 17 heavy (non-hydrogen) atoms. The fourth-order valence-corrected chi connectivity index (χ4v) is 1.95. The molecule has 96 valence electrons. The molecule has 1 aliphatic heterocycles. The Morgan fingerprint density at radius 1 is 1.35 bits per heavy atom. The number of anilines is 1. The number of nitrogens with zero attached hydrogens (tertiary/aromatic N) is 3. The molecule has 0 spiro atoms. The van der Waals surface area contributed by atoms with Crippen molar-refractivity contribution in [3.63, 3.8) is 0 Å². The zero-order valence-corrected chi connectivity index (χ0v) is 10.8. The van der Waals surface area contributed by atoms with Gasteiger partial charge in [0, 0.05) is 19.1 Å². The summed E-state index contributed by atoms with van der Waals surface area (Å²) in [5.74, 6) is 1.44. The third kappa shape index (κ3) is 3.43. The molecule has 5 heteroatoms. The first kappa shape index (κ1) is 12.4. The summed E-state index contributed by atoms with van der Waals surface area (Å²) in [7, 11) is 0. The van der Waals surface area contributed by atoms with E-state index >= 15 is 0 Å². The molecule has 0 radical (unpaired) electrons. The van der Waals surface area contributed by atoms with Crippen LogP contribution in [-0.2, 0) is 6.54 Å². The van der Waals surface area contributed by atoms with Crippen LogP contribution in [0.25, 0.3) is 0 Å².